The molecular formula is C30H42O7. The average Bonchev–Trinajstić information content (AvgIpc) is 3.23. The summed E-state index contributed by atoms with van der Waals surface area (Å²) in [5.74, 6) is -0.518. The molecule has 3 fully saturated rings. The number of allylic oxidation sites excluding steroid dienone is 3. The molecule has 0 aromatic heterocycles. The van der Waals surface area contributed by atoms with E-state index >= 15 is 0 Å². The van der Waals surface area contributed by atoms with Gasteiger partial charge in [0.2, 0.25) is 0 Å². The van der Waals surface area contributed by atoms with Crippen molar-refractivity contribution in [3.63, 3.8) is 0 Å². The zero-order valence-electron chi connectivity index (χ0n) is 22.7. The quantitative estimate of drug-likeness (QED) is 0.459. The van der Waals surface area contributed by atoms with Crippen LogP contribution in [0.1, 0.15) is 72.6 Å². The molecule has 204 valence electrons. The first kappa shape index (κ1) is 27.7. The summed E-state index contributed by atoms with van der Waals surface area (Å²) in [5.41, 5.74) is 0.589. The van der Waals surface area contributed by atoms with Gasteiger partial charge < -0.3 is 14.6 Å². The summed E-state index contributed by atoms with van der Waals surface area (Å²) in [7, 11) is 0. The molecule has 1 unspecified atom stereocenters. The molecule has 0 bridgehead atoms. The fourth-order valence-corrected chi connectivity index (χ4v) is 8.03. The summed E-state index contributed by atoms with van der Waals surface area (Å²) in [4.78, 5) is 49.8. The zero-order valence-corrected chi connectivity index (χ0v) is 22.7. The fraction of sp³-hybridized carbons (Fsp3) is 0.733. The molecule has 4 rings (SSSR count). The number of carbonyl (C=O) groups excluding carboxylic acids is 4. The molecule has 7 heteroatoms. The standard InChI is InChI=1S/C30H42O7/c1-5-6-27(34)36-17-26(33)24-8-7-22-21-13-19(16-37-28(35)18(2)15-31)25-14-20(32)9-11-30(25,4)23(21)10-12-29(22,24)3/h9,11,14,18-19,21-24,31H,5-8,10,12-13,15-17H2,1-4H3/t18?,19-,21+,22+,23+,24-,29+,30-/m1/s1. The Labute approximate surface area is 220 Å². The van der Waals surface area contributed by atoms with E-state index in [4.69, 9.17) is 9.47 Å². The number of carbonyl (C=O) groups is 4. The minimum atomic E-state index is -0.587. The van der Waals surface area contributed by atoms with Gasteiger partial charge in [-0.1, -0.05) is 26.8 Å². The van der Waals surface area contributed by atoms with Gasteiger partial charge in [0.1, 0.15) is 6.61 Å². The van der Waals surface area contributed by atoms with Crippen molar-refractivity contribution < 1.29 is 33.8 Å². The Morgan fingerprint density at radius 1 is 1.14 bits per heavy atom. The Kier molecular flexibility index (Phi) is 8.13. The van der Waals surface area contributed by atoms with Gasteiger partial charge in [0, 0.05) is 23.7 Å². The second kappa shape index (κ2) is 10.8. The van der Waals surface area contributed by atoms with Crippen molar-refractivity contribution in [1.29, 1.82) is 0 Å². The smallest absolute Gasteiger partial charge is 0.311 e. The molecule has 0 heterocycles. The van der Waals surface area contributed by atoms with Crippen LogP contribution in [0.4, 0.5) is 0 Å². The number of esters is 2. The van der Waals surface area contributed by atoms with Crippen molar-refractivity contribution in [2.24, 2.45) is 46.3 Å². The normalized spacial score (nSPS) is 37.1. The number of aliphatic hydroxyl groups is 1. The molecule has 4 aliphatic carbocycles. The third kappa shape index (κ3) is 5.08. The molecule has 0 spiro atoms. The number of aliphatic hydroxyl groups excluding tert-OH is 1. The van der Waals surface area contributed by atoms with Crippen molar-refractivity contribution in [2.75, 3.05) is 19.8 Å². The van der Waals surface area contributed by atoms with Crippen LogP contribution in [-0.4, -0.2) is 48.4 Å². The summed E-state index contributed by atoms with van der Waals surface area (Å²) >= 11 is 0. The molecular weight excluding hydrogens is 472 g/mol. The predicted octanol–water partition coefficient (Wildman–Crippen LogP) is 4.22. The number of ether oxygens (including phenoxy) is 2. The van der Waals surface area contributed by atoms with E-state index in [1.807, 2.05) is 6.92 Å². The Morgan fingerprint density at radius 3 is 2.59 bits per heavy atom. The monoisotopic (exact) mass is 514 g/mol. The van der Waals surface area contributed by atoms with Crippen LogP contribution in [-0.2, 0) is 28.7 Å². The molecule has 3 saturated carbocycles. The third-order valence-electron chi connectivity index (χ3n) is 10.0. The minimum absolute atomic E-state index is 0.0298. The molecule has 8 atom stereocenters. The molecule has 0 aromatic carbocycles. The zero-order chi connectivity index (χ0) is 27.0. The Balaban J connectivity index is 1.55. The largest absolute Gasteiger partial charge is 0.465 e. The number of Topliss-reactive ketones (excluding diaryl/α,β-unsaturated/α-hetero) is 1. The summed E-state index contributed by atoms with van der Waals surface area (Å²) in [5, 5.41) is 9.33. The number of rotatable bonds is 9. The van der Waals surface area contributed by atoms with E-state index in [-0.39, 0.29) is 60.0 Å². The van der Waals surface area contributed by atoms with E-state index in [1.165, 1.54) is 0 Å². The van der Waals surface area contributed by atoms with Gasteiger partial charge in [-0.2, -0.15) is 0 Å². The second-order valence-corrected chi connectivity index (χ2v) is 12.2. The predicted molar refractivity (Wildman–Crippen MR) is 137 cm³/mol. The Morgan fingerprint density at radius 2 is 1.89 bits per heavy atom. The summed E-state index contributed by atoms with van der Waals surface area (Å²) in [6.07, 6.45) is 10.9. The van der Waals surface area contributed by atoms with Crippen molar-refractivity contribution >= 4 is 23.5 Å². The molecule has 0 aliphatic heterocycles. The van der Waals surface area contributed by atoms with Crippen LogP contribution in [0.25, 0.3) is 0 Å². The number of hydrogen-bond donors (Lipinski definition) is 1. The van der Waals surface area contributed by atoms with E-state index in [9.17, 15) is 24.3 Å². The Bertz CT molecular complexity index is 996. The van der Waals surface area contributed by atoms with Crippen LogP contribution in [0, 0.1) is 46.3 Å². The lowest BCUT2D eigenvalue weighted by molar-refractivity contribution is -0.152. The van der Waals surface area contributed by atoms with Gasteiger partial charge in [0.05, 0.1) is 19.1 Å². The molecule has 7 nitrogen and oxygen atoms in total. The van der Waals surface area contributed by atoms with Crippen LogP contribution < -0.4 is 0 Å². The first-order valence-electron chi connectivity index (χ1n) is 14.0. The fourth-order valence-electron chi connectivity index (χ4n) is 8.03. The van der Waals surface area contributed by atoms with E-state index in [2.05, 4.69) is 19.9 Å². The molecule has 1 N–H and O–H groups in total. The highest BCUT2D eigenvalue weighted by Gasteiger charge is 2.61. The van der Waals surface area contributed by atoms with Crippen LogP contribution in [0.15, 0.2) is 23.8 Å². The SMILES string of the molecule is CCCC(=O)OCC(=O)[C@H]1CC[C@H]2[C@@H]3C[C@H](COC(=O)C(C)CO)C4=CC(=O)C=C[C@]4(C)[C@H]3CC[C@]12C. The Hall–Kier alpha value is -2.28. The summed E-state index contributed by atoms with van der Waals surface area (Å²) in [6.45, 7) is 7.77. The number of hydrogen-bond acceptors (Lipinski definition) is 7. The highest BCUT2D eigenvalue weighted by atomic mass is 16.5. The average molecular weight is 515 g/mol. The third-order valence-corrected chi connectivity index (χ3v) is 10.0. The van der Waals surface area contributed by atoms with Crippen molar-refractivity contribution in [2.45, 2.75) is 72.6 Å². The van der Waals surface area contributed by atoms with Gasteiger partial charge in [-0.05, 0) is 86.3 Å². The summed E-state index contributed by atoms with van der Waals surface area (Å²) < 4.78 is 10.9. The number of ketones is 2. The van der Waals surface area contributed by atoms with E-state index < -0.39 is 11.9 Å². The van der Waals surface area contributed by atoms with E-state index in [1.54, 1.807) is 19.1 Å². The topological polar surface area (TPSA) is 107 Å². The summed E-state index contributed by atoms with van der Waals surface area (Å²) in [6, 6.07) is 0. The highest BCUT2D eigenvalue weighted by molar-refractivity contribution is 6.01. The first-order valence-corrected chi connectivity index (χ1v) is 14.0. The van der Waals surface area contributed by atoms with Crippen LogP contribution in [0.5, 0.6) is 0 Å². The van der Waals surface area contributed by atoms with Gasteiger partial charge in [-0.25, -0.2) is 0 Å². The van der Waals surface area contributed by atoms with Crippen LogP contribution in [0.3, 0.4) is 0 Å². The lowest BCUT2D eigenvalue weighted by atomic mass is 9.46. The molecule has 0 radical (unpaired) electrons. The van der Waals surface area contributed by atoms with Gasteiger partial charge >= 0.3 is 11.9 Å². The molecule has 4 aliphatic rings. The maximum absolute atomic E-state index is 13.2. The van der Waals surface area contributed by atoms with E-state index in [0.717, 1.165) is 37.7 Å². The van der Waals surface area contributed by atoms with Crippen molar-refractivity contribution in [3.8, 4) is 0 Å². The van der Waals surface area contributed by atoms with Gasteiger partial charge in [-0.3, -0.25) is 19.2 Å². The van der Waals surface area contributed by atoms with Crippen LogP contribution >= 0.6 is 0 Å². The first-order chi connectivity index (χ1) is 17.5. The lowest BCUT2D eigenvalue weighted by Crippen LogP contribution is -2.53. The van der Waals surface area contributed by atoms with Crippen LogP contribution in [0.2, 0.25) is 0 Å². The maximum Gasteiger partial charge on any atom is 0.311 e. The molecule has 0 saturated heterocycles. The molecule has 0 amide bonds. The highest BCUT2D eigenvalue weighted by Crippen LogP contribution is 2.67. The van der Waals surface area contributed by atoms with Gasteiger partial charge in [0.15, 0.2) is 11.6 Å². The maximum atomic E-state index is 13.2. The number of fused-ring (bicyclic) bond motifs is 5. The van der Waals surface area contributed by atoms with Crippen molar-refractivity contribution in [3.05, 3.63) is 23.8 Å². The molecule has 0 aromatic rings. The van der Waals surface area contributed by atoms with Crippen molar-refractivity contribution in [1.82, 2.24) is 0 Å². The van der Waals surface area contributed by atoms with Gasteiger partial charge in [0.25, 0.3) is 0 Å². The second-order valence-electron chi connectivity index (χ2n) is 12.2. The van der Waals surface area contributed by atoms with E-state index in [0.29, 0.717) is 30.6 Å². The molecule has 37 heavy (non-hydrogen) atoms. The van der Waals surface area contributed by atoms with Gasteiger partial charge in [-0.15, -0.1) is 0 Å². The minimum Gasteiger partial charge on any atom is -0.465 e. The lowest BCUT2D eigenvalue weighted by Gasteiger charge is -2.58.